The molecule has 2 aliphatic rings. The molecule has 2 heterocycles. The van der Waals surface area contributed by atoms with Crippen LogP contribution in [0.2, 0.25) is 0 Å². The van der Waals surface area contributed by atoms with Crippen LogP contribution in [0.25, 0.3) is 0 Å². The van der Waals surface area contributed by atoms with Crippen molar-refractivity contribution < 1.29 is 39.2 Å². The standard InChI is InChI=1S/C11H24ClN4OP.2ClH/c1-13-3-7-15(8-4-13)18(17,11-12)16-9-5-14(2)6-10-16;;/h3-11H2,1-2H3;2*1H. The lowest BCUT2D eigenvalue weighted by molar-refractivity contribution is -0.884. The molecule has 20 heavy (non-hydrogen) atoms. The van der Waals surface area contributed by atoms with E-state index in [-0.39, 0.29) is 30.4 Å². The van der Waals surface area contributed by atoms with Gasteiger partial charge in [-0.05, 0) is 0 Å². The summed E-state index contributed by atoms with van der Waals surface area (Å²) in [7, 11) is 1.89. The summed E-state index contributed by atoms with van der Waals surface area (Å²) in [5.74, 6) is 0. The third-order valence-corrected chi connectivity index (χ3v) is 8.04. The summed E-state index contributed by atoms with van der Waals surface area (Å²) in [5, 5.41) is 0. The summed E-state index contributed by atoms with van der Waals surface area (Å²) < 4.78 is 17.5. The Morgan fingerprint density at radius 3 is 1.45 bits per heavy atom. The summed E-state index contributed by atoms with van der Waals surface area (Å²) in [5.41, 5.74) is 0.269. The fraction of sp³-hybridized carbons (Fsp3) is 1.00. The molecule has 0 aromatic rings. The van der Waals surface area contributed by atoms with Gasteiger partial charge in [-0.1, -0.05) is 0 Å². The Morgan fingerprint density at radius 2 is 1.20 bits per heavy atom. The Labute approximate surface area is 139 Å². The maximum absolute atomic E-state index is 13.2. The highest BCUT2D eigenvalue weighted by atomic mass is 35.5. The second kappa shape index (κ2) is 9.16. The van der Waals surface area contributed by atoms with Crippen LogP contribution in [-0.4, -0.2) is 81.4 Å². The number of quaternary nitrogens is 2. The van der Waals surface area contributed by atoms with E-state index in [1.54, 1.807) is 0 Å². The zero-order valence-corrected chi connectivity index (χ0v) is 15.4. The molecular weight excluding hydrogens is 341 g/mol. The van der Waals surface area contributed by atoms with E-state index in [0.717, 1.165) is 52.4 Å². The van der Waals surface area contributed by atoms with Gasteiger partial charge in [-0.25, -0.2) is 9.34 Å². The normalized spacial score (nSPS) is 23.9. The largest absolute Gasteiger partial charge is 1.00 e. The number of rotatable bonds is 3. The fourth-order valence-electron chi connectivity index (χ4n) is 2.71. The third-order valence-electron chi connectivity index (χ3n) is 4.23. The van der Waals surface area contributed by atoms with Crippen LogP contribution < -0.4 is 34.6 Å². The average Bonchev–Trinajstić information content (AvgIpc) is 2.39. The van der Waals surface area contributed by atoms with Crippen LogP contribution in [0, 0.1) is 0 Å². The summed E-state index contributed by atoms with van der Waals surface area (Å²) in [6, 6.07) is 0. The lowest BCUT2D eigenvalue weighted by Crippen LogP contribution is -3.12. The van der Waals surface area contributed by atoms with Crippen LogP contribution in [0.15, 0.2) is 0 Å². The van der Waals surface area contributed by atoms with Gasteiger partial charge in [0.15, 0.2) is 0 Å². The molecule has 2 aliphatic heterocycles. The van der Waals surface area contributed by atoms with E-state index in [2.05, 4.69) is 23.4 Å². The predicted octanol–water partition coefficient (Wildman–Crippen LogP) is -7.96. The van der Waals surface area contributed by atoms with Gasteiger partial charge in [0, 0.05) is 0 Å². The van der Waals surface area contributed by atoms with Crippen LogP contribution in [0.1, 0.15) is 0 Å². The van der Waals surface area contributed by atoms with E-state index in [1.165, 1.54) is 9.80 Å². The molecule has 2 saturated heterocycles. The van der Waals surface area contributed by atoms with Gasteiger partial charge in [0.25, 0.3) is 0 Å². The molecule has 0 radical (unpaired) electrons. The predicted molar refractivity (Wildman–Crippen MR) is 74.7 cm³/mol. The minimum Gasteiger partial charge on any atom is -1.00 e. The second-order valence-corrected chi connectivity index (χ2v) is 9.02. The van der Waals surface area contributed by atoms with E-state index >= 15 is 0 Å². The molecule has 122 valence electrons. The number of hydrogen-bond donors (Lipinski definition) is 2. The Kier molecular flexibility index (Phi) is 9.59. The minimum absolute atomic E-state index is 0. The minimum atomic E-state index is -2.50. The number of alkyl halides is 1. The first-order valence-corrected chi connectivity index (χ1v) is 9.18. The first kappa shape index (κ1) is 20.9. The zero-order valence-electron chi connectivity index (χ0n) is 12.2. The maximum atomic E-state index is 13.2. The molecule has 2 N–H and O–H groups in total. The molecule has 0 atom stereocenters. The quantitative estimate of drug-likeness (QED) is 0.384. The van der Waals surface area contributed by atoms with Crippen LogP contribution in [0.5, 0.6) is 0 Å². The average molecular weight is 368 g/mol. The number of likely N-dealkylation sites (N-methyl/N-ethyl adjacent to an activating group) is 2. The van der Waals surface area contributed by atoms with E-state index in [9.17, 15) is 4.57 Å². The Bertz CT molecular complexity index is 295. The number of hydrogen-bond acceptors (Lipinski definition) is 1. The van der Waals surface area contributed by atoms with E-state index in [0.29, 0.717) is 0 Å². The first-order chi connectivity index (χ1) is 8.56. The van der Waals surface area contributed by atoms with Crippen molar-refractivity contribution in [3.8, 4) is 0 Å². The summed E-state index contributed by atoms with van der Waals surface area (Å²) >= 11 is 6.09. The van der Waals surface area contributed by atoms with Gasteiger partial charge in [0.2, 0.25) is 7.44 Å². The molecule has 0 aliphatic carbocycles. The molecule has 0 aromatic carbocycles. The molecule has 0 aromatic heterocycles. The molecule has 2 fully saturated rings. The van der Waals surface area contributed by atoms with Gasteiger partial charge in [-0.3, -0.25) is 4.57 Å². The number of halogens is 3. The van der Waals surface area contributed by atoms with Crippen molar-refractivity contribution >= 4 is 19.0 Å². The topological polar surface area (TPSA) is 32.4 Å². The van der Waals surface area contributed by atoms with Crippen LogP contribution >= 0.6 is 19.0 Å². The maximum Gasteiger partial charge on any atom is 0.231 e. The molecule has 0 saturated carbocycles. The smallest absolute Gasteiger partial charge is 0.231 e. The zero-order chi connectivity index (χ0) is 13.2. The second-order valence-electron chi connectivity index (χ2n) is 5.61. The Morgan fingerprint density at radius 1 is 0.900 bits per heavy atom. The number of piperazine rings is 2. The highest BCUT2D eigenvalue weighted by Gasteiger charge is 2.40. The van der Waals surface area contributed by atoms with Gasteiger partial charge < -0.3 is 34.6 Å². The van der Waals surface area contributed by atoms with Crippen molar-refractivity contribution in [3.63, 3.8) is 0 Å². The van der Waals surface area contributed by atoms with Crippen LogP contribution in [-0.2, 0) is 4.57 Å². The van der Waals surface area contributed by atoms with Crippen LogP contribution in [0.3, 0.4) is 0 Å². The van der Waals surface area contributed by atoms with Gasteiger partial charge in [-0.15, -0.1) is 11.6 Å². The van der Waals surface area contributed by atoms with Crippen molar-refractivity contribution in [1.82, 2.24) is 9.34 Å². The monoisotopic (exact) mass is 366 g/mol. The molecule has 0 spiro atoms. The summed E-state index contributed by atoms with van der Waals surface area (Å²) in [6.45, 7) is 7.92. The molecular formula is C11H26Cl3N4OP. The van der Waals surface area contributed by atoms with Crippen molar-refractivity contribution in [2.24, 2.45) is 0 Å². The molecule has 0 unspecified atom stereocenters. The Hall–Kier alpha value is 0.940. The molecule has 0 bridgehead atoms. The van der Waals surface area contributed by atoms with E-state index < -0.39 is 7.44 Å². The van der Waals surface area contributed by atoms with Gasteiger partial charge in [0.05, 0.1) is 66.5 Å². The van der Waals surface area contributed by atoms with Crippen LogP contribution in [0.4, 0.5) is 0 Å². The van der Waals surface area contributed by atoms with Gasteiger partial charge in [-0.2, -0.15) is 0 Å². The number of nitrogens with one attached hydrogen (secondary N) is 2. The third kappa shape index (κ3) is 4.72. The van der Waals surface area contributed by atoms with E-state index in [4.69, 9.17) is 11.6 Å². The van der Waals surface area contributed by atoms with Gasteiger partial charge >= 0.3 is 0 Å². The Balaban J connectivity index is 0.00000180. The number of nitrogens with zero attached hydrogens (tertiary/aromatic N) is 2. The van der Waals surface area contributed by atoms with Crippen molar-refractivity contribution in [3.05, 3.63) is 0 Å². The molecule has 9 heteroatoms. The first-order valence-electron chi connectivity index (χ1n) is 6.85. The van der Waals surface area contributed by atoms with Crippen molar-refractivity contribution in [2.45, 2.75) is 0 Å². The van der Waals surface area contributed by atoms with Crippen molar-refractivity contribution in [2.75, 3.05) is 72.1 Å². The highest BCUT2D eigenvalue weighted by Crippen LogP contribution is 2.53. The molecule has 2 rings (SSSR count). The SMILES string of the molecule is C[NH+]1CCN(P(=O)(CCl)N2CC[NH+](C)CC2)CC1.[Cl-].[Cl-]. The highest BCUT2D eigenvalue weighted by molar-refractivity contribution is 7.60. The van der Waals surface area contributed by atoms with Gasteiger partial charge in [0.1, 0.15) is 5.62 Å². The molecule has 5 nitrogen and oxygen atoms in total. The summed E-state index contributed by atoms with van der Waals surface area (Å²) in [6.07, 6.45) is 0. The van der Waals surface area contributed by atoms with E-state index in [1.807, 2.05) is 0 Å². The molecule has 0 amide bonds. The summed E-state index contributed by atoms with van der Waals surface area (Å²) in [4.78, 5) is 3.05. The lowest BCUT2D eigenvalue weighted by Gasteiger charge is -2.42. The van der Waals surface area contributed by atoms with Crippen molar-refractivity contribution in [1.29, 1.82) is 0 Å². The fourth-order valence-corrected chi connectivity index (χ4v) is 5.93. The lowest BCUT2D eigenvalue weighted by atomic mass is 10.4.